The molecule has 5 heterocycles. The lowest BCUT2D eigenvalue weighted by molar-refractivity contribution is -0.132. The van der Waals surface area contributed by atoms with Crippen molar-refractivity contribution in [3.63, 3.8) is 0 Å². The van der Waals surface area contributed by atoms with Crippen LogP contribution in [0.4, 0.5) is 5.00 Å². The molecular weight excluding hydrogens is 912 g/mol. The summed E-state index contributed by atoms with van der Waals surface area (Å²) < 4.78 is 1.65. The number of piperazine rings is 1. The monoisotopic (exact) mass is 974 g/mol. The van der Waals surface area contributed by atoms with Crippen molar-refractivity contribution in [2.24, 2.45) is 10.9 Å². The number of piperidine rings is 1. The number of halogens is 1. The standard InChI is InChI=1S/C51H63ClN12O4S/c1-6-59(7-2)23-20-55-50(68)49-58-57-48(41-17-16-40(65)28-43(41)66)64(49)39-14-8-35(9-15-39)30-60-24-26-61(27-25-60)31-36-18-21-62(22-19-36)44(67)29-42-47(54)63(34(5)53)51-45(32(3)33(4)69-51)46(56-42)37-10-12-38(52)13-11-37/h8-17,28,36,42,53-54,65-66H,6-7,18-27,29-31H2,1-5H3,(H,55,68)/t42-/m0/s1. The van der Waals surface area contributed by atoms with Gasteiger partial charge in [-0.25, -0.2) is 0 Å². The van der Waals surface area contributed by atoms with E-state index >= 15 is 0 Å². The van der Waals surface area contributed by atoms with E-state index in [1.54, 1.807) is 33.8 Å². The molecule has 5 N–H and O–H groups in total. The van der Waals surface area contributed by atoms with Gasteiger partial charge in [0, 0.05) is 98.2 Å². The van der Waals surface area contributed by atoms with Gasteiger partial charge < -0.3 is 30.2 Å². The molecule has 3 aliphatic rings. The van der Waals surface area contributed by atoms with Crippen LogP contribution in [0, 0.1) is 30.6 Å². The van der Waals surface area contributed by atoms with Gasteiger partial charge in [-0.15, -0.1) is 21.5 Å². The van der Waals surface area contributed by atoms with E-state index in [0.717, 1.165) is 103 Å². The molecule has 2 amide bonds. The number of carbonyl (C=O) groups is 2. The molecule has 0 spiro atoms. The van der Waals surface area contributed by atoms with E-state index in [1.807, 2.05) is 48.2 Å². The number of amidine groups is 2. The predicted octanol–water partition coefficient (Wildman–Crippen LogP) is 7.20. The van der Waals surface area contributed by atoms with Crippen molar-refractivity contribution in [2.75, 3.05) is 76.9 Å². The van der Waals surface area contributed by atoms with Crippen LogP contribution in [-0.4, -0.2) is 152 Å². The number of likely N-dealkylation sites (N-methyl/N-ethyl adjacent to an activating group) is 1. The number of benzene rings is 3. The minimum atomic E-state index is -0.748. The Kier molecular flexibility index (Phi) is 15.6. The first-order valence-electron chi connectivity index (χ1n) is 23.9. The number of fused-ring (bicyclic) bond motifs is 1. The van der Waals surface area contributed by atoms with Crippen LogP contribution >= 0.6 is 22.9 Å². The highest BCUT2D eigenvalue weighted by molar-refractivity contribution is 7.17. The van der Waals surface area contributed by atoms with Crippen molar-refractivity contribution in [3.8, 4) is 28.6 Å². The van der Waals surface area contributed by atoms with Crippen molar-refractivity contribution in [2.45, 2.75) is 66.5 Å². The molecule has 16 nitrogen and oxygen atoms in total. The molecule has 3 aromatic carbocycles. The van der Waals surface area contributed by atoms with Gasteiger partial charge in [-0.05, 0) is 100 Å². The van der Waals surface area contributed by atoms with Crippen LogP contribution in [0.3, 0.4) is 0 Å². The number of amides is 2. The Hall–Kier alpha value is -5.98. The van der Waals surface area contributed by atoms with Gasteiger partial charge in [0.05, 0.1) is 17.7 Å². The van der Waals surface area contributed by atoms with E-state index in [2.05, 4.69) is 63.1 Å². The summed E-state index contributed by atoms with van der Waals surface area (Å²) in [5.74, 6) is 0.576. The van der Waals surface area contributed by atoms with Crippen LogP contribution in [0.5, 0.6) is 11.5 Å². The third-order valence-corrected chi connectivity index (χ3v) is 15.2. The summed E-state index contributed by atoms with van der Waals surface area (Å²) in [5, 5.41) is 51.7. The Morgan fingerprint density at radius 3 is 2.25 bits per heavy atom. The molecule has 5 aromatic rings. The zero-order valence-corrected chi connectivity index (χ0v) is 41.7. The second-order valence-corrected chi connectivity index (χ2v) is 19.8. The molecule has 0 unspecified atom stereocenters. The molecule has 2 saturated heterocycles. The fourth-order valence-corrected chi connectivity index (χ4v) is 10.9. The van der Waals surface area contributed by atoms with E-state index in [4.69, 9.17) is 22.0 Å². The maximum absolute atomic E-state index is 14.0. The van der Waals surface area contributed by atoms with Gasteiger partial charge in [0.1, 0.15) is 34.2 Å². The molecular formula is C51H63ClN12O4S. The second kappa shape index (κ2) is 21.8. The number of carbonyl (C=O) groups excluding carboxylic acids is 2. The lowest BCUT2D eigenvalue weighted by atomic mass is 9.95. The molecule has 2 fully saturated rings. The van der Waals surface area contributed by atoms with E-state index in [9.17, 15) is 25.2 Å². The zero-order chi connectivity index (χ0) is 48.9. The number of phenols is 2. The fourth-order valence-electron chi connectivity index (χ4n) is 9.56. The number of nitrogens with one attached hydrogen (secondary N) is 3. The lowest BCUT2D eigenvalue weighted by Crippen LogP contribution is -2.49. The number of phenolic OH excluding ortho intramolecular Hbond substituents is 2. The molecule has 1 atom stereocenters. The molecule has 2 aromatic heterocycles. The van der Waals surface area contributed by atoms with Gasteiger partial charge in [-0.3, -0.25) is 39.8 Å². The van der Waals surface area contributed by atoms with Crippen LogP contribution in [0.15, 0.2) is 71.7 Å². The van der Waals surface area contributed by atoms with Crippen LogP contribution < -0.4 is 10.2 Å². The number of nitrogens with zero attached hydrogens (tertiary/aromatic N) is 9. The molecule has 18 heteroatoms. The third-order valence-electron chi connectivity index (χ3n) is 13.7. The molecule has 8 rings (SSSR count). The Labute approximate surface area is 413 Å². The summed E-state index contributed by atoms with van der Waals surface area (Å²) in [5.41, 5.74) is 5.67. The normalized spacial score (nSPS) is 17.2. The first-order chi connectivity index (χ1) is 33.2. The molecule has 69 heavy (non-hydrogen) atoms. The molecule has 0 saturated carbocycles. The number of aromatic nitrogens is 3. The number of aromatic hydroxyl groups is 2. The average Bonchev–Trinajstić information content (AvgIpc) is 3.87. The van der Waals surface area contributed by atoms with Gasteiger partial charge in [-0.1, -0.05) is 49.7 Å². The smallest absolute Gasteiger partial charge is 0.289 e. The summed E-state index contributed by atoms with van der Waals surface area (Å²) in [4.78, 5) is 44.6. The maximum atomic E-state index is 14.0. The minimum absolute atomic E-state index is 0.0177. The Morgan fingerprint density at radius 2 is 1.59 bits per heavy atom. The number of thiophene rings is 1. The highest BCUT2D eigenvalue weighted by Crippen LogP contribution is 2.40. The quantitative estimate of drug-likeness (QED) is 0.0530. The van der Waals surface area contributed by atoms with Crippen molar-refractivity contribution in [3.05, 3.63) is 105 Å². The van der Waals surface area contributed by atoms with Gasteiger partial charge in [-0.2, -0.15) is 0 Å². The summed E-state index contributed by atoms with van der Waals surface area (Å²) in [6.45, 7) is 19.7. The zero-order valence-electron chi connectivity index (χ0n) is 40.1. The third kappa shape index (κ3) is 11.1. The van der Waals surface area contributed by atoms with Crippen molar-refractivity contribution >= 4 is 57.1 Å². The molecule has 3 aliphatic heterocycles. The van der Waals surface area contributed by atoms with Crippen LogP contribution in [-0.2, 0) is 11.3 Å². The fraction of sp³-hybridized carbons (Fsp3) is 0.431. The highest BCUT2D eigenvalue weighted by Gasteiger charge is 2.36. The minimum Gasteiger partial charge on any atom is -0.508 e. The van der Waals surface area contributed by atoms with Crippen LogP contribution in [0.25, 0.3) is 17.1 Å². The van der Waals surface area contributed by atoms with Gasteiger partial charge in [0.25, 0.3) is 5.91 Å². The number of likely N-dealkylation sites (tertiary alicyclic amines) is 1. The Balaban J connectivity index is 0.853. The van der Waals surface area contributed by atoms with Gasteiger partial charge in [0.2, 0.25) is 11.7 Å². The Morgan fingerprint density at radius 1 is 0.913 bits per heavy atom. The van der Waals surface area contributed by atoms with Crippen molar-refractivity contribution in [1.82, 2.24) is 39.7 Å². The first-order valence-corrected chi connectivity index (χ1v) is 25.1. The largest absolute Gasteiger partial charge is 0.508 e. The maximum Gasteiger partial charge on any atom is 0.289 e. The van der Waals surface area contributed by atoms with Gasteiger partial charge >= 0.3 is 0 Å². The number of hydrogen-bond acceptors (Lipinski definition) is 13. The van der Waals surface area contributed by atoms with Crippen LogP contribution in [0.2, 0.25) is 5.02 Å². The molecule has 0 bridgehead atoms. The summed E-state index contributed by atoms with van der Waals surface area (Å²) >= 11 is 7.82. The molecule has 0 radical (unpaired) electrons. The van der Waals surface area contributed by atoms with E-state index in [0.29, 0.717) is 48.4 Å². The highest BCUT2D eigenvalue weighted by atomic mass is 35.5. The number of anilines is 1. The first kappa shape index (κ1) is 49.4. The van der Waals surface area contributed by atoms with Crippen molar-refractivity contribution in [1.29, 1.82) is 10.8 Å². The van der Waals surface area contributed by atoms with E-state index < -0.39 is 6.04 Å². The topological polar surface area (TPSA) is 194 Å². The second-order valence-electron chi connectivity index (χ2n) is 18.2. The Bertz CT molecular complexity index is 2700. The summed E-state index contributed by atoms with van der Waals surface area (Å²) in [6, 6.07) is 19.0. The number of hydrogen-bond donors (Lipinski definition) is 5. The molecule has 0 aliphatic carbocycles. The predicted molar refractivity (Wildman–Crippen MR) is 274 cm³/mol. The van der Waals surface area contributed by atoms with E-state index in [-0.39, 0.29) is 53.1 Å². The summed E-state index contributed by atoms with van der Waals surface area (Å²) in [6.07, 6.45) is 1.90. The molecule has 364 valence electrons. The SMILES string of the molecule is CCN(CC)CCNC(=O)c1nnc(-c2ccc(O)cc2O)n1-c1ccc(CN2CCN(CC3CCN(C(=O)C[C@@H]4N=C(c5ccc(Cl)cc5)c5c(sc(C)c5C)N(C(C)=N)C4=N)CC3)CC2)cc1. The summed E-state index contributed by atoms with van der Waals surface area (Å²) in [7, 11) is 0. The van der Waals surface area contributed by atoms with Gasteiger partial charge in [0.15, 0.2) is 5.82 Å². The number of aryl methyl sites for hydroxylation is 1. The van der Waals surface area contributed by atoms with E-state index in [1.165, 1.54) is 12.1 Å². The van der Waals surface area contributed by atoms with Crippen LogP contribution in [0.1, 0.15) is 77.8 Å². The lowest BCUT2D eigenvalue weighted by Gasteiger charge is -2.39. The number of rotatable bonds is 15. The average molecular weight is 976 g/mol. The van der Waals surface area contributed by atoms with Crippen molar-refractivity contribution < 1.29 is 19.8 Å². The number of aliphatic imine (C=N–C) groups is 1.